The first-order chi connectivity index (χ1) is 12.8. The molecule has 0 bridgehead atoms. The van der Waals surface area contributed by atoms with Crippen molar-refractivity contribution in [1.82, 2.24) is 14.4 Å². The summed E-state index contributed by atoms with van der Waals surface area (Å²) in [5, 5.41) is 2.82. The Morgan fingerprint density at radius 1 is 1.04 bits per heavy atom. The number of ether oxygens (including phenoxy) is 1. The third-order valence-corrected chi connectivity index (χ3v) is 3.86. The summed E-state index contributed by atoms with van der Waals surface area (Å²) in [6.45, 7) is 0.365. The molecule has 4 aromatic rings. The van der Waals surface area contributed by atoms with E-state index >= 15 is 0 Å². The quantitative estimate of drug-likeness (QED) is 0.601. The summed E-state index contributed by atoms with van der Waals surface area (Å²) in [6.07, 6.45) is 7.14. The number of anilines is 1. The van der Waals surface area contributed by atoms with Crippen molar-refractivity contribution >= 4 is 17.2 Å². The molecule has 0 spiro atoms. The van der Waals surface area contributed by atoms with Gasteiger partial charge in [-0.05, 0) is 48.5 Å². The highest BCUT2D eigenvalue weighted by molar-refractivity contribution is 6.04. The van der Waals surface area contributed by atoms with E-state index in [2.05, 4.69) is 15.3 Å². The third-order valence-electron chi connectivity index (χ3n) is 3.86. The van der Waals surface area contributed by atoms with Gasteiger partial charge in [-0.2, -0.15) is 0 Å². The minimum absolute atomic E-state index is 0.178. The Morgan fingerprint density at radius 2 is 1.85 bits per heavy atom. The number of carbonyl (C=O) groups is 1. The number of carbonyl (C=O) groups excluding carboxylic acids is 1. The normalized spacial score (nSPS) is 10.6. The molecule has 3 aromatic heterocycles. The van der Waals surface area contributed by atoms with Crippen LogP contribution < -0.4 is 10.1 Å². The molecule has 1 N–H and O–H groups in total. The average Bonchev–Trinajstić information content (AvgIpc) is 3.10. The van der Waals surface area contributed by atoms with E-state index in [0.717, 1.165) is 11.3 Å². The maximum absolute atomic E-state index is 12.2. The fraction of sp³-hybridized carbons (Fsp3) is 0.0500. The van der Waals surface area contributed by atoms with E-state index < -0.39 is 0 Å². The van der Waals surface area contributed by atoms with E-state index in [1.807, 2.05) is 35.0 Å². The van der Waals surface area contributed by atoms with Crippen LogP contribution in [0, 0.1) is 0 Å². The van der Waals surface area contributed by atoms with E-state index in [1.54, 1.807) is 48.8 Å². The Labute approximate surface area is 150 Å². The number of rotatable bonds is 5. The summed E-state index contributed by atoms with van der Waals surface area (Å²) < 4.78 is 7.71. The Hall–Kier alpha value is -3.67. The van der Waals surface area contributed by atoms with Gasteiger partial charge in [-0.3, -0.25) is 9.78 Å². The molecule has 0 aliphatic rings. The van der Waals surface area contributed by atoms with Crippen LogP contribution in [-0.2, 0) is 6.61 Å². The van der Waals surface area contributed by atoms with Crippen LogP contribution in [0.2, 0.25) is 0 Å². The number of pyridine rings is 2. The Bertz CT molecular complexity index is 994. The molecule has 1 amide bonds. The molecule has 4 rings (SSSR count). The van der Waals surface area contributed by atoms with Gasteiger partial charge in [-0.15, -0.1) is 0 Å². The maximum atomic E-state index is 12.2. The second-order valence-corrected chi connectivity index (χ2v) is 5.70. The minimum atomic E-state index is -0.178. The van der Waals surface area contributed by atoms with Gasteiger partial charge < -0.3 is 14.5 Å². The summed E-state index contributed by atoms with van der Waals surface area (Å²) in [5.74, 6) is 0.505. The van der Waals surface area contributed by atoms with Gasteiger partial charge in [0.2, 0.25) is 0 Å². The molecule has 0 aliphatic heterocycles. The molecule has 26 heavy (non-hydrogen) atoms. The van der Waals surface area contributed by atoms with E-state index in [0.29, 0.717) is 23.6 Å². The van der Waals surface area contributed by atoms with E-state index in [-0.39, 0.29) is 5.91 Å². The molecule has 0 radical (unpaired) electrons. The fourth-order valence-electron chi connectivity index (χ4n) is 2.56. The Balaban J connectivity index is 1.38. The van der Waals surface area contributed by atoms with Crippen molar-refractivity contribution in [3.63, 3.8) is 0 Å². The second-order valence-electron chi connectivity index (χ2n) is 5.70. The number of aromatic nitrogens is 3. The maximum Gasteiger partial charge on any atom is 0.255 e. The van der Waals surface area contributed by atoms with Crippen LogP contribution >= 0.6 is 0 Å². The van der Waals surface area contributed by atoms with Gasteiger partial charge >= 0.3 is 0 Å². The molecular formula is C20H16N4O2. The lowest BCUT2D eigenvalue weighted by molar-refractivity contribution is 0.102. The number of imidazole rings is 1. The van der Waals surface area contributed by atoms with Gasteiger partial charge in [0.15, 0.2) is 0 Å². The van der Waals surface area contributed by atoms with Crippen LogP contribution in [0.1, 0.15) is 16.1 Å². The molecule has 128 valence electrons. The van der Waals surface area contributed by atoms with Crippen molar-refractivity contribution in [3.05, 3.63) is 90.6 Å². The minimum Gasteiger partial charge on any atom is -0.487 e. The summed E-state index contributed by atoms with van der Waals surface area (Å²) in [6, 6.07) is 16.3. The topological polar surface area (TPSA) is 68.5 Å². The Kier molecular flexibility index (Phi) is 4.30. The molecule has 6 heteroatoms. The van der Waals surface area contributed by atoms with Gasteiger partial charge in [0.25, 0.3) is 5.91 Å². The van der Waals surface area contributed by atoms with Crippen LogP contribution in [0.4, 0.5) is 5.69 Å². The van der Waals surface area contributed by atoms with E-state index in [4.69, 9.17) is 4.74 Å². The molecule has 0 unspecified atom stereocenters. The van der Waals surface area contributed by atoms with Gasteiger partial charge in [-0.1, -0.05) is 6.07 Å². The van der Waals surface area contributed by atoms with Crippen molar-refractivity contribution in [2.24, 2.45) is 0 Å². The smallest absolute Gasteiger partial charge is 0.255 e. The number of benzene rings is 1. The summed E-state index contributed by atoms with van der Waals surface area (Å²) in [7, 11) is 0. The Morgan fingerprint density at radius 3 is 2.62 bits per heavy atom. The number of hydrogen-bond donors (Lipinski definition) is 1. The average molecular weight is 344 g/mol. The predicted molar refractivity (Wildman–Crippen MR) is 98.2 cm³/mol. The number of hydrogen-bond acceptors (Lipinski definition) is 4. The van der Waals surface area contributed by atoms with Crippen molar-refractivity contribution in [2.45, 2.75) is 6.61 Å². The molecule has 3 heterocycles. The zero-order valence-electron chi connectivity index (χ0n) is 13.9. The van der Waals surface area contributed by atoms with Crippen LogP contribution in [0.5, 0.6) is 5.75 Å². The summed E-state index contributed by atoms with van der Waals surface area (Å²) in [4.78, 5) is 20.6. The molecule has 0 saturated heterocycles. The van der Waals surface area contributed by atoms with Crippen molar-refractivity contribution in [1.29, 1.82) is 0 Å². The van der Waals surface area contributed by atoms with Gasteiger partial charge in [0, 0.05) is 36.0 Å². The van der Waals surface area contributed by atoms with E-state index in [9.17, 15) is 4.79 Å². The fourth-order valence-corrected chi connectivity index (χ4v) is 2.56. The summed E-state index contributed by atoms with van der Waals surface area (Å²) in [5.41, 5.74) is 2.99. The lowest BCUT2D eigenvalue weighted by atomic mass is 10.2. The lowest BCUT2D eigenvalue weighted by Crippen LogP contribution is -2.11. The summed E-state index contributed by atoms with van der Waals surface area (Å²) >= 11 is 0. The molecule has 0 saturated carbocycles. The molecule has 0 fully saturated rings. The zero-order chi connectivity index (χ0) is 17.8. The predicted octanol–water partition coefficient (Wildman–Crippen LogP) is 3.56. The molecular weight excluding hydrogens is 328 g/mol. The number of nitrogens with one attached hydrogen (secondary N) is 1. The highest BCUT2D eigenvalue weighted by atomic mass is 16.5. The lowest BCUT2D eigenvalue weighted by Gasteiger charge is -2.07. The molecule has 0 atom stereocenters. The van der Waals surface area contributed by atoms with Crippen LogP contribution in [-0.4, -0.2) is 20.3 Å². The van der Waals surface area contributed by atoms with Gasteiger partial charge in [0.1, 0.15) is 18.0 Å². The van der Waals surface area contributed by atoms with Crippen LogP contribution in [0.15, 0.2) is 79.4 Å². The number of amides is 1. The second kappa shape index (κ2) is 7.06. The largest absolute Gasteiger partial charge is 0.487 e. The first-order valence-electron chi connectivity index (χ1n) is 8.15. The standard InChI is InChI=1S/C20H16N4O2/c25-20(23-16-8-10-21-11-9-16)15-4-6-18(7-5-15)26-14-17-13-24-12-2-1-3-19(24)22-17/h1-13H,14H2,(H,21,23,25). The van der Waals surface area contributed by atoms with Crippen LogP contribution in [0.25, 0.3) is 5.65 Å². The van der Waals surface area contributed by atoms with E-state index in [1.165, 1.54) is 0 Å². The monoisotopic (exact) mass is 344 g/mol. The van der Waals surface area contributed by atoms with Crippen molar-refractivity contribution < 1.29 is 9.53 Å². The number of nitrogens with zero attached hydrogens (tertiary/aromatic N) is 3. The third kappa shape index (κ3) is 3.54. The zero-order valence-corrected chi connectivity index (χ0v) is 13.9. The van der Waals surface area contributed by atoms with Gasteiger partial charge in [0.05, 0.1) is 5.69 Å². The van der Waals surface area contributed by atoms with Crippen molar-refractivity contribution in [2.75, 3.05) is 5.32 Å². The first kappa shape index (κ1) is 15.8. The molecule has 0 aliphatic carbocycles. The number of fused-ring (bicyclic) bond motifs is 1. The SMILES string of the molecule is O=C(Nc1ccncc1)c1ccc(OCc2cn3ccccc3n2)cc1. The highest BCUT2D eigenvalue weighted by Crippen LogP contribution is 2.16. The molecule has 1 aromatic carbocycles. The molecule has 6 nitrogen and oxygen atoms in total. The highest BCUT2D eigenvalue weighted by Gasteiger charge is 2.07. The van der Waals surface area contributed by atoms with Crippen LogP contribution in [0.3, 0.4) is 0 Å². The first-order valence-corrected chi connectivity index (χ1v) is 8.15. The van der Waals surface area contributed by atoms with Crippen molar-refractivity contribution in [3.8, 4) is 5.75 Å². The van der Waals surface area contributed by atoms with Gasteiger partial charge in [-0.25, -0.2) is 4.98 Å².